The lowest BCUT2D eigenvalue weighted by Crippen LogP contribution is -2.47. The van der Waals surface area contributed by atoms with Crippen LogP contribution in [-0.4, -0.2) is 38.2 Å². The van der Waals surface area contributed by atoms with Gasteiger partial charge in [0.15, 0.2) is 0 Å². The van der Waals surface area contributed by atoms with Crippen molar-refractivity contribution in [2.75, 3.05) is 20.3 Å². The number of nitrogens with one attached hydrogen (secondary N) is 2. The van der Waals surface area contributed by atoms with Gasteiger partial charge >= 0.3 is 0 Å². The lowest BCUT2D eigenvalue weighted by molar-refractivity contribution is -0.133. The Bertz CT molecular complexity index is 927. The van der Waals surface area contributed by atoms with Gasteiger partial charge in [-0.3, -0.25) is 9.59 Å². The highest BCUT2D eigenvalue weighted by Crippen LogP contribution is 2.34. The molecule has 0 bridgehead atoms. The van der Waals surface area contributed by atoms with Crippen LogP contribution in [0.15, 0.2) is 48.5 Å². The first-order chi connectivity index (χ1) is 15.1. The van der Waals surface area contributed by atoms with Crippen LogP contribution in [0.5, 0.6) is 0 Å². The Morgan fingerprint density at radius 1 is 1.10 bits per heavy atom. The van der Waals surface area contributed by atoms with E-state index in [4.69, 9.17) is 9.47 Å². The summed E-state index contributed by atoms with van der Waals surface area (Å²) in [6.45, 7) is 1.06. The topological polar surface area (TPSA) is 76.7 Å². The van der Waals surface area contributed by atoms with Crippen LogP contribution in [0.2, 0.25) is 0 Å². The summed E-state index contributed by atoms with van der Waals surface area (Å²) in [5.41, 5.74) is 2.72. The minimum absolute atomic E-state index is 0.189. The lowest BCUT2D eigenvalue weighted by Gasteiger charge is -2.27. The van der Waals surface area contributed by atoms with Crippen molar-refractivity contribution in [1.82, 2.24) is 10.6 Å². The van der Waals surface area contributed by atoms with E-state index in [0.29, 0.717) is 38.0 Å². The predicted molar refractivity (Wildman–Crippen MR) is 113 cm³/mol. The van der Waals surface area contributed by atoms with Gasteiger partial charge in [0.05, 0.1) is 6.04 Å². The molecule has 0 radical (unpaired) electrons. The number of hydrogen-bond donors (Lipinski definition) is 2. The molecule has 2 aromatic rings. The molecule has 0 saturated carbocycles. The molecule has 7 heteroatoms. The van der Waals surface area contributed by atoms with Crippen LogP contribution in [0.4, 0.5) is 4.39 Å². The van der Waals surface area contributed by atoms with E-state index >= 15 is 0 Å². The van der Waals surface area contributed by atoms with E-state index in [0.717, 1.165) is 11.1 Å². The predicted octanol–water partition coefficient (Wildman–Crippen LogP) is 2.84. The van der Waals surface area contributed by atoms with Crippen LogP contribution in [0.25, 0.3) is 0 Å². The molecule has 1 heterocycles. The second-order valence-corrected chi connectivity index (χ2v) is 8.05. The molecule has 6 nitrogen and oxygen atoms in total. The number of carbonyl (C=O) groups is 2. The molecule has 1 aliphatic heterocycles. The highest BCUT2D eigenvalue weighted by atomic mass is 19.1. The van der Waals surface area contributed by atoms with Gasteiger partial charge in [-0.1, -0.05) is 36.4 Å². The van der Waals surface area contributed by atoms with Gasteiger partial charge in [0.1, 0.15) is 18.0 Å². The Morgan fingerprint density at radius 3 is 2.52 bits per heavy atom. The molecular formula is C24H27FN2O4. The monoisotopic (exact) mass is 426 g/mol. The van der Waals surface area contributed by atoms with E-state index in [1.807, 2.05) is 24.3 Å². The Balaban J connectivity index is 1.52. The zero-order valence-corrected chi connectivity index (χ0v) is 17.5. The summed E-state index contributed by atoms with van der Waals surface area (Å²) in [4.78, 5) is 26.2. The third-order valence-electron chi connectivity index (χ3n) is 6.09. The Labute approximate surface area is 181 Å². The second-order valence-electron chi connectivity index (χ2n) is 8.05. The molecule has 1 saturated heterocycles. The number of hydrogen-bond acceptors (Lipinski definition) is 4. The van der Waals surface area contributed by atoms with Gasteiger partial charge in [0.25, 0.3) is 0 Å². The molecule has 0 spiro atoms. The molecule has 2 N–H and O–H groups in total. The van der Waals surface area contributed by atoms with Crippen molar-refractivity contribution in [1.29, 1.82) is 0 Å². The Kier molecular flexibility index (Phi) is 6.63. The lowest BCUT2D eigenvalue weighted by atomic mass is 9.97. The number of fused-ring (bicyclic) bond motifs is 1. The number of ether oxygens (including phenoxy) is 2. The number of halogens is 1. The van der Waals surface area contributed by atoms with Gasteiger partial charge in [-0.05, 0) is 48.1 Å². The fourth-order valence-electron chi connectivity index (χ4n) is 4.42. The molecule has 2 aromatic carbocycles. The SMILES string of the molecule is COC1c2ccccc2CC1NC(=O)[C@@H](NC(=O)C1CCOCC1)c1ccc(F)cc1. The molecule has 2 aliphatic rings. The van der Waals surface area contributed by atoms with E-state index in [1.54, 1.807) is 7.11 Å². The van der Waals surface area contributed by atoms with Crippen molar-refractivity contribution in [3.8, 4) is 0 Å². The fraction of sp³-hybridized carbons (Fsp3) is 0.417. The van der Waals surface area contributed by atoms with Gasteiger partial charge in [-0.25, -0.2) is 4.39 Å². The second kappa shape index (κ2) is 9.58. The van der Waals surface area contributed by atoms with Crippen LogP contribution >= 0.6 is 0 Å². The average molecular weight is 426 g/mol. The van der Waals surface area contributed by atoms with Crippen molar-refractivity contribution in [2.24, 2.45) is 5.92 Å². The molecule has 2 amide bonds. The summed E-state index contributed by atoms with van der Waals surface area (Å²) < 4.78 is 24.5. The zero-order chi connectivity index (χ0) is 21.8. The van der Waals surface area contributed by atoms with Crippen molar-refractivity contribution < 1.29 is 23.5 Å². The Hall–Kier alpha value is -2.77. The smallest absolute Gasteiger partial charge is 0.247 e. The third kappa shape index (κ3) is 4.78. The third-order valence-corrected chi connectivity index (χ3v) is 6.09. The van der Waals surface area contributed by atoms with E-state index in [1.165, 1.54) is 24.3 Å². The van der Waals surface area contributed by atoms with Crippen molar-refractivity contribution in [3.63, 3.8) is 0 Å². The number of rotatable bonds is 6. The minimum Gasteiger partial charge on any atom is -0.381 e. The maximum atomic E-state index is 13.5. The van der Waals surface area contributed by atoms with Crippen LogP contribution in [0, 0.1) is 11.7 Å². The molecule has 164 valence electrons. The molecule has 31 heavy (non-hydrogen) atoms. The summed E-state index contributed by atoms with van der Waals surface area (Å²) in [6, 6.07) is 12.4. The van der Waals surface area contributed by atoms with Crippen LogP contribution in [0.3, 0.4) is 0 Å². The molecule has 1 aliphatic carbocycles. The molecule has 0 aromatic heterocycles. The van der Waals surface area contributed by atoms with E-state index < -0.39 is 11.9 Å². The molecule has 3 atom stereocenters. The average Bonchev–Trinajstić information content (AvgIpc) is 3.15. The number of carbonyl (C=O) groups excluding carboxylic acids is 2. The highest BCUT2D eigenvalue weighted by Gasteiger charge is 2.36. The summed E-state index contributed by atoms with van der Waals surface area (Å²) in [5.74, 6) is -1.13. The Morgan fingerprint density at radius 2 is 1.81 bits per heavy atom. The van der Waals surface area contributed by atoms with Crippen molar-refractivity contribution in [2.45, 2.75) is 37.5 Å². The van der Waals surface area contributed by atoms with Crippen LogP contribution < -0.4 is 10.6 Å². The van der Waals surface area contributed by atoms with Crippen LogP contribution in [0.1, 0.15) is 41.7 Å². The maximum Gasteiger partial charge on any atom is 0.247 e. The summed E-state index contributed by atoms with van der Waals surface area (Å²) >= 11 is 0. The van der Waals surface area contributed by atoms with E-state index in [9.17, 15) is 14.0 Å². The van der Waals surface area contributed by atoms with Crippen LogP contribution in [-0.2, 0) is 25.5 Å². The summed E-state index contributed by atoms with van der Waals surface area (Å²) in [5, 5.41) is 5.93. The molecule has 1 fully saturated rings. The highest BCUT2D eigenvalue weighted by molar-refractivity contribution is 5.89. The van der Waals surface area contributed by atoms with E-state index in [2.05, 4.69) is 10.6 Å². The van der Waals surface area contributed by atoms with Crippen molar-refractivity contribution >= 4 is 11.8 Å². The minimum atomic E-state index is -0.919. The largest absolute Gasteiger partial charge is 0.381 e. The maximum absolute atomic E-state index is 13.5. The first-order valence-corrected chi connectivity index (χ1v) is 10.6. The normalized spacial score (nSPS) is 21.9. The fourth-order valence-corrected chi connectivity index (χ4v) is 4.42. The first kappa shape index (κ1) is 21.5. The summed E-state index contributed by atoms with van der Waals surface area (Å²) in [6.07, 6.45) is 1.62. The molecule has 2 unspecified atom stereocenters. The van der Waals surface area contributed by atoms with Gasteiger partial charge < -0.3 is 20.1 Å². The standard InChI is InChI=1S/C24H27FN2O4/c1-30-22-19-5-3-2-4-17(19)14-20(22)26-24(29)21(15-6-8-18(25)9-7-15)27-23(28)16-10-12-31-13-11-16/h2-9,16,20-22H,10-14H2,1H3,(H,26,29)(H,27,28)/t20?,21-,22?/m0/s1. The first-order valence-electron chi connectivity index (χ1n) is 10.6. The summed E-state index contributed by atoms with van der Waals surface area (Å²) in [7, 11) is 1.62. The van der Waals surface area contributed by atoms with E-state index in [-0.39, 0.29) is 29.9 Å². The van der Waals surface area contributed by atoms with Gasteiger partial charge in [0, 0.05) is 26.2 Å². The molecular weight excluding hydrogens is 399 g/mol. The van der Waals surface area contributed by atoms with Gasteiger partial charge in [-0.2, -0.15) is 0 Å². The van der Waals surface area contributed by atoms with Crippen molar-refractivity contribution in [3.05, 3.63) is 71.0 Å². The number of amides is 2. The number of benzene rings is 2. The molecule has 4 rings (SSSR count). The van der Waals surface area contributed by atoms with Gasteiger partial charge in [-0.15, -0.1) is 0 Å². The number of methoxy groups -OCH3 is 1. The zero-order valence-electron chi connectivity index (χ0n) is 17.5. The van der Waals surface area contributed by atoms with Gasteiger partial charge in [0.2, 0.25) is 11.8 Å². The quantitative estimate of drug-likeness (QED) is 0.745.